The zero-order valence-electron chi connectivity index (χ0n) is 18.2. The Morgan fingerprint density at radius 3 is 2.63 bits per heavy atom. The molecular formula is C24H17BrClN3O6. The van der Waals surface area contributed by atoms with Crippen LogP contribution in [0.2, 0.25) is 5.02 Å². The van der Waals surface area contributed by atoms with Gasteiger partial charge in [0.25, 0.3) is 11.6 Å². The van der Waals surface area contributed by atoms with Crippen molar-refractivity contribution in [1.82, 2.24) is 5.32 Å². The summed E-state index contributed by atoms with van der Waals surface area (Å²) in [5, 5.41) is 14.0. The van der Waals surface area contributed by atoms with E-state index in [1.165, 1.54) is 31.4 Å². The predicted molar refractivity (Wildman–Crippen MR) is 134 cm³/mol. The normalized spacial score (nSPS) is 14.3. The van der Waals surface area contributed by atoms with Gasteiger partial charge >= 0.3 is 6.03 Å². The van der Waals surface area contributed by atoms with E-state index in [4.69, 9.17) is 21.1 Å². The minimum Gasteiger partial charge on any atom is -0.493 e. The van der Waals surface area contributed by atoms with E-state index in [2.05, 4.69) is 21.2 Å². The number of nitrogens with one attached hydrogen (secondary N) is 1. The van der Waals surface area contributed by atoms with Crippen LogP contribution in [0.15, 0.2) is 70.8 Å². The van der Waals surface area contributed by atoms with E-state index in [0.29, 0.717) is 37.8 Å². The molecule has 0 bridgehead atoms. The number of imide groups is 1. The van der Waals surface area contributed by atoms with Crippen LogP contribution in [0.25, 0.3) is 6.08 Å². The number of rotatable bonds is 7. The summed E-state index contributed by atoms with van der Waals surface area (Å²) >= 11 is 9.43. The molecule has 35 heavy (non-hydrogen) atoms. The van der Waals surface area contributed by atoms with Gasteiger partial charge in [-0.3, -0.25) is 14.9 Å². The summed E-state index contributed by atoms with van der Waals surface area (Å²) in [5.41, 5.74) is 1.57. The van der Waals surface area contributed by atoms with Crippen molar-refractivity contribution in [2.24, 2.45) is 0 Å². The summed E-state index contributed by atoms with van der Waals surface area (Å²) < 4.78 is 11.8. The van der Waals surface area contributed by atoms with Gasteiger partial charge in [0, 0.05) is 17.2 Å². The summed E-state index contributed by atoms with van der Waals surface area (Å²) in [4.78, 5) is 36.9. The third kappa shape index (κ3) is 5.28. The smallest absolute Gasteiger partial charge is 0.333 e. The summed E-state index contributed by atoms with van der Waals surface area (Å²) in [5.74, 6) is 0.210. The first kappa shape index (κ1) is 24.2. The van der Waals surface area contributed by atoms with Gasteiger partial charge in [0.2, 0.25) is 0 Å². The average molecular weight is 559 g/mol. The molecule has 0 spiro atoms. The van der Waals surface area contributed by atoms with Crippen LogP contribution < -0.4 is 19.7 Å². The lowest BCUT2D eigenvalue weighted by molar-refractivity contribution is -0.384. The fourth-order valence-electron chi connectivity index (χ4n) is 3.43. The fraction of sp³-hybridized carbons (Fsp3) is 0.0833. The van der Waals surface area contributed by atoms with E-state index in [0.717, 1.165) is 4.90 Å². The molecule has 9 nitrogen and oxygen atoms in total. The number of carbonyl (C=O) groups is 2. The Kier molecular flexibility index (Phi) is 7.04. The Bertz CT molecular complexity index is 1380. The number of nitro groups is 1. The first-order valence-electron chi connectivity index (χ1n) is 10.1. The van der Waals surface area contributed by atoms with Crippen molar-refractivity contribution < 1.29 is 24.0 Å². The standard InChI is InChI=1S/C24H17BrClN3O6/c1-34-21-11-15(9-19(25)22(21)35-13-14-4-2-7-18(8-14)29(32)33)10-20-23(30)28(24(31)27-20)17-6-3-5-16(26)12-17/h2-12H,13H2,1H3,(H,27,31)/b20-10+. The van der Waals surface area contributed by atoms with Gasteiger partial charge < -0.3 is 14.8 Å². The average Bonchev–Trinajstić information content (AvgIpc) is 3.10. The number of non-ortho nitro benzene ring substituents is 1. The zero-order valence-corrected chi connectivity index (χ0v) is 20.5. The van der Waals surface area contributed by atoms with E-state index in [1.54, 1.807) is 42.5 Å². The van der Waals surface area contributed by atoms with Gasteiger partial charge in [0.1, 0.15) is 12.3 Å². The summed E-state index contributed by atoms with van der Waals surface area (Å²) in [7, 11) is 1.46. The molecule has 3 aromatic carbocycles. The van der Waals surface area contributed by atoms with Crippen LogP contribution in [-0.2, 0) is 11.4 Å². The van der Waals surface area contributed by atoms with Crippen molar-refractivity contribution in [1.29, 1.82) is 0 Å². The molecule has 0 aliphatic carbocycles. The number of urea groups is 1. The van der Waals surface area contributed by atoms with Gasteiger partial charge in [-0.1, -0.05) is 29.8 Å². The van der Waals surface area contributed by atoms with Gasteiger partial charge in [-0.15, -0.1) is 0 Å². The van der Waals surface area contributed by atoms with Crippen molar-refractivity contribution in [3.05, 3.63) is 97.1 Å². The second-order valence-electron chi connectivity index (χ2n) is 7.36. The number of anilines is 1. The lowest BCUT2D eigenvalue weighted by atomic mass is 10.1. The number of methoxy groups -OCH3 is 1. The van der Waals surface area contributed by atoms with Crippen LogP contribution in [0.4, 0.5) is 16.2 Å². The Morgan fingerprint density at radius 1 is 1.14 bits per heavy atom. The Morgan fingerprint density at radius 2 is 1.91 bits per heavy atom. The number of halogens is 2. The minimum atomic E-state index is -0.591. The number of hydrogen-bond acceptors (Lipinski definition) is 6. The molecule has 1 N–H and O–H groups in total. The van der Waals surface area contributed by atoms with Crippen LogP contribution in [-0.4, -0.2) is 24.0 Å². The van der Waals surface area contributed by atoms with Gasteiger partial charge in [0.05, 0.1) is 22.2 Å². The molecule has 0 radical (unpaired) electrons. The molecular weight excluding hydrogens is 542 g/mol. The monoisotopic (exact) mass is 557 g/mol. The molecule has 1 aliphatic heterocycles. The van der Waals surface area contributed by atoms with E-state index >= 15 is 0 Å². The largest absolute Gasteiger partial charge is 0.493 e. The first-order valence-corrected chi connectivity index (χ1v) is 11.3. The summed E-state index contributed by atoms with van der Waals surface area (Å²) in [6, 6.07) is 15.3. The highest BCUT2D eigenvalue weighted by molar-refractivity contribution is 9.10. The number of nitrogens with zero attached hydrogens (tertiary/aromatic N) is 2. The molecule has 3 aromatic rings. The highest BCUT2D eigenvalue weighted by Crippen LogP contribution is 2.38. The Labute approximate surface area is 213 Å². The maximum atomic E-state index is 12.9. The highest BCUT2D eigenvalue weighted by Gasteiger charge is 2.35. The molecule has 0 saturated carbocycles. The molecule has 4 rings (SSSR count). The van der Waals surface area contributed by atoms with Gasteiger partial charge in [0.15, 0.2) is 11.5 Å². The second-order valence-corrected chi connectivity index (χ2v) is 8.65. The molecule has 1 aliphatic rings. The minimum absolute atomic E-state index is 0.0331. The predicted octanol–water partition coefficient (Wildman–Crippen LogP) is 5.70. The maximum Gasteiger partial charge on any atom is 0.333 e. The number of amides is 3. The van der Waals surface area contributed by atoms with Crippen molar-refractivity contribution in [2.45, 2.75) is 6.61 Å². The van der Waals surface area contributed by atoms with Gasteiger partial charge in [-0.05, 0) is 63.5 Å². The third-order valence-electron chi connectivity index (χ3n) is 5.01. The van der Waals surface area contributed by atoms with E-state index < -0.39 is 16.9 Å². The molecule has 1 heterocycles. The van der Waals surface area contributed by atoms with Crippen LogP contribution in [0.1, 0.15) is 11.1 Å². The molecule has 1 saturated heterocycles. The molecule has 0 atom stereocenters. The third-order valence-corrected chi connectivity index (χ3v) is 5.84. The lowest BCUT2D eigenvalue weighted by Gasteiger charge is -2.14. The Balaban J connectivity index is 1.57. The van der Waals surface area contributed by atoms with Crippen molar-refractivity contribution >= 4 is 56.9 Å². The van der Waals surface area contributed by atoms with Crippen molar-refractivity contribution in [2.75, 3.05) is 12.0 Å². The van der Waals surface area contributed by atoms with Crippen molar-refractivity contribution in [3.8, 4) is 11.5 Å². The van der Waals surface area contributed by atoms with Crippen LogP contribution >= 0.6 is 27.5 Å². The molecule has 3 amide bonds. The summed E-state index contributed by atoms with van der Waals surface area (Å²) in [6.07, 6.45) is 1.52. The van der Waals surface area contributed by atoms with Crippen molar-refractivity contribution in [3.63, 3.8) is 0 Å². The highest BCUT2D eigenvalue weighted by atomic mass is 79.9. The number of hydrogen-bond donors (Lipinski definition) is 1. The van der Waals surface area contributed by atoms with Crippen LogP contribution in [0.5, 0.6) is 11.5 Å². The lowest BCUT2D eigenvalue weighted by Crippen LogP contribution is -2.30. The van der Waals surface area contributed by atoms with Crippen LogP contribution in [0.3, 0.4) is 0 Å². The van der Waals surface area contributed by atoms with Crippen LogP contribution in [0, 0.1) is 10.1 Å². The molecule has 1 fully saturated rings. The number of ether oxygens (including phenoxy) is 2. The van der Waals surface area contributed by atoms with E-state index in [9.17, 15) is 19.7 Å². The topological polar surface area (TPSA) is 111 Å². The van der Waals surface area contributed by atoms with E-state index in [-0.39, 0.29) is 18.0 Å². The molecule has 11 heteroatoms. The Hall–Kier alpha value is -3.89. The van der Waals surface area contributed by atoms with Gasteiger partial charge in [-0.2, -0.15) is 0 Å². The number of carbonyl (C=O) groups excluding carboxylic acids is 2. The molecule has 0 unspecified atom stereocenters. The van der Waals surface area contributed by atoms with Gasteiger partial charge in [-0.25, -0.2) is 9.69 Å². The molecule has 0 aromatic heterocycles. The quantitative estimate of drug-likeness (QED) is 0.172. The SMILES string of the molecule is COc1cc(/C=C2/NC(=O)N(c3cccc(Cl)c3)C2=O)cc(Br)c1OCc1cccc([N+](=O)[O-])c1. The first-order chi connectivity index (χ1) is 16.8. The zero-order chi connectivity index (χ0) is 25.1. The molecule has 178 valence electrons. The number of nitro benzene ring substituents is 1. The maximum absolute atomic E-state index is 12.9. The summed E-state index contributed by atoms with van der Waals surface area (Å²) in [6.45, 7) is 0.0697. The fourth-order valence-corrected chi connectivity index (χ4v) is 4.19. The van der Waals surface area contributed by atoms with E-state index in [1.807, 2.05) is 0 Å². The number of benzene rings is 3. The second kappa shape index (κ2) is 10.2.